The number of methoxy groups -OCH3 is 1. The summed E-state index contributed by atoms with van der Waals surface area (Å²) >= 11 is 0. The molecular weight excluding hydrogens is 342 g/mol. The Morgan fingerprint density at radius 2 is 1.89 bits per heavy atom. The van der Waals surface area contributed by atoms with E-state index in [0.29, 0.717) is 16.9 Å². The second kappa shape index (κ2) is 7.66. The topological polar surface area (TPSA) is 59.8 Å². The van der Waals surface area contributed by atoms with Crippen molar-refractivity contribution in [2.24, 2.45) is 0 Å². The second-order valence-electron chi connectivity index (χ2n) is 6.63. The van der Waals surface area contributed by atoms with Gasteiger partial charge in [-0.25, -0.2) is 0 Å². The minimum absolute atomic E-state index is 0.0460. The van der Waals surface area contributed by atoms with Crippen LogP contribution in [0.5, 0.6) is 5.75 Å². The van der Waals surface area contributed by atoms with E-state index in [1.54, 1.807) is 37.3 Å². The fraction of sp³-hybridized carbons (Fsp3) is 0.273. The Kier molecular flexibility index (Phi) is 5.31. The lowest BCUT2D eigenvalue weighted by Gasteiger charge is -2.24. The van der Waals surface area contributed by atoms with Crippen molar-refractivity contribution in [1.29, 1.82) is 0 Å². The van der Waals surface area contributed by atoms with Gasteiger partial charge in [0.2, 0.25) is 5.91 Å². The van der Waals surface area contributed by atoms with E-state index in [2.05, 4.69) is 0 Å². The fourth-order valence-electron chi connectivity index (χ4n) is 3.04. The molecular formula is C22H23NO4. The molecule has 1 unspecified atom stereocenters. The summed E-state index contributed by atoms with van der Waals surface area (Å²) in [5.41, 5.74) is 2.06. The number of amides is 1. The number of para-hydroxylation sites is 1. The molecule has 27 heavy (non-hydrogen) atoms. The van der Waals surface area contributed by atoms with Gasteiger partial charge in [-0.3, -0.25) is 9.59 Å². The molecule has 5 heteroatoms. The molecule has 0 N–H and O–H groups in total. The van der Waals surface area contributed by atoms with Crippen LogP contribution in [0.2, 0.25) is 0 Å². The lowest BCUT2D eigenvalue weighted by atomic mass is 10.0. The number of nitrogens with zero attached hydrogens (tertiary/aromatic N) is 1. The minimum atomic E-state index is -0.216. The predicted molar refractivity (Wildman–Crippen MR) is 104 cm³/mol. The first kappa shape index (κ1) is 18.7. The van der Waals surface area contributed by atoms with Gasteiger partial charge >= 0.3 is 0 Å². The number of likely N-dealkylation sites (N-methyl/N-ethyl adjacent to an activating group) is 1. The van der Waals surface area contributed by atoms with Crippen LogP contribution < -0.4 is 4.74 Å². The normalized spacial score (nSPS) is 12.0. The van der Waals surface area contributed by atoms with Crippen molar-refractivity contribution in [2.45, 2.75) is 26.3 Å². The van der Waals surface area contributed by atoms with Crippen LogP contribution in [0, 0.1) is 0 Å². The number of carbonyl (C=O) groups is 2. The van der Waals surface area contributed by atoms with E-state index in [0.717, 1.165) is 16.7 Å². The summed E-state index contributed by atoms with van der Waals surface area (Å²) < 4.78 is 11.2. The molecule has 1 amide bonds. The van der Waals surface area contributed by atoms with E-state index in [1.165, 1.54) is 6.92 Å². The highest BCUT2D eigenvalue weighted by Crippen LogP contribution is 2.28. The SMILES string of the molecule is COc1ccc(C(C)=O)cc1CC(=O)N(C)C(C)c1cc2ccccc2o1. The Labute approximate surface area is 158 Å². The Morgan fingerprint density at radius 3 is 2.56 bits per heavy atom. The molecule has 3 aromatic rings. The van der Waals surface area contributed by atoms with Crippen molar-refractivity contribution in [3.63, 3.8) is 0 Å². The molecule has 5 nitrogen and oxygen atoms in total. The molecule has 0 saturated carbocycles. The highest BCUT2D eigenvalue weighted by atomic mass is 16.5. The highest BCUT2D eigenvalue weighted by Gasteiger charge is 2.22. The first-order valence-electron chi connectivity index (χ1n) is 8.82. The summed E-state index contributed by atoms with van der Waals surface area (Å²) in [4.78, 5) is 26.1. The summed E-state index contributed by atoms with van der Waals surface area (Å²) in [5.74, 6) is 1.20. The Balaban J connectivity index is 1.81. The van der Waals surface area contributed by atoms with E-state index in [9.17, 15) is 9.59 Å². The van der Waals surface area contributed by atoms with E-state index in [4.69, 9.17) is 9.15 Å². The molecule has 0 radical (unpaired) electrons. The lowest BCUT2D eigenvalue weighted by Crippen LogP contribution is -2.30. The Bertz CT molecular complexity index is 956. The highest BCUT2D eigenvalue weighted by molar-refractivity contribution is 5.94. The third-order valence-corrected chi connectivity index (χ3v) is 4.86. The van der Waals surface area contributed by atoms with E-state index >= 15 is 0 Å². The minimum Gasteiger partial charge on any atom is -0.496 e. The summed E-state index contributed by atoms with van der Waals surface area (Å²) in [6.45, 7) is 3.43. The summed E-state index contributed by atoms with van der Waals surface area (Å²) in [6.07, 6.45) is 0.144. The molecule has 0 aliphatic heterocycles. The van der Waals surface area contributed by atoms with Gasteiger partial charge in [-0.1, -0.05) is 18.2 Å². The maximum atomic E-state index is 12.8. The number of rotatable bonds is 6. The molecule has 0 bridgehead atoms. The molecule has 140 valence electrons. The molecule has 0 saturated heterocycles. The van der Waals surface area contributed by atoms with Crippen LogP contribution in [0.1, 0.15) is 41.6 Å². The molecule has 1 heterocycles. The maximum Gasteiger partial charge on any atom is 0.227 e. The van der Waals surface area contributed by atoms with Gasteiger partial charge in [-0.05, 0) is 44.2 Å². The summed E-state index contributed by atoms with van der Waals surface area (Å²) in [6, 6.07) is 14.7. The van der Waals surface area contributed by atoms with Crippen molar-refractivity contribution < 1.29 is 18.7 Å². The van der Waals surface area contributed by atoms with Crippen LogP contribution in [-0.4, -0.2) is 30.7 Å². The van der Waals surface area contributed by atoms with Gasteiger partial charge in [0.15, 0.2) is 5.78 Å². The van der Waals surface area contributed by atoms with Crippen LogP contribution in [0.15, 0.2) is 52.9 Å². The first-order valence-corrected chi connectivity index (χ1v) is 8.82. The monoisotopic (exact) mass is 365 g/mol. The van der Waals surface area contributed by atoms with Crippen LogP contribution in [0.25, 0.3) is 11.0 Å². The molecule has 0 spiro atoms. The molecule has 0 fully saturated rings. The average Bonchev–Trinajstić information content (AvgIpc) is 3.10. The van der Waals surface area contributed by atoms with Gasteiger partial charge in [-0.2, -0.15) is 0 Å². The number of carbonyl (C=O) groups excluding carboxylic acids is 2. The predicted octanol–water partition coefficient (Wildman–Crippen LogP) is 4.41. The molecule has 2 aromatic carbocycles. The molecule has 1 atom stereocenters. The maximum absolute atomic E-state index is 12.8. The number of fused-ring (bicyclic) bond motifs is 1. The van der Waals surface area contributed by atoms with Crippen LogP contribution in [0.4, 0.5) is 0 Å². The third kappa shape index (κ3) is 3.87. The number of Topliss-reactive ketones (excluding diaryl/α,β-unsaturated/α-hetero) is 1. The Morgan fingerprint density at radius 1 is 1.15 bits per heavy atom. The standard InChI is InChI=1S/C22H23NO4/c1-14(21-12-17-7-5-6-8-20(17)27-21)23(3)22(25)13-18-11-16(15(2)24)9-10-19(18)26-4/h5-12,14H,13H2,1-4H3. The zero-order valence-corrected chi connectivity index (χ0v) is 16.0. The van der Waals surface area contributed by atoms with Gasteiger partial charge in [-0.15, -0.1) is 0 Å². The van der Waals surface area contributed by atoms with E-state index in [1.807, 2.05) is 37.3 Å². The Hall–Kier alpha value is -3.08. The van der Waals surface area contributed by atoms with Gasteiger partial charge < -0.3 is 14.1 Å². The number of hydrogen-bond acceptors (Lipinski definition) is 4. The molecule has 3 rings (SSSR count). The molecule has 1 aromatic heterocycles. The number of hydrogen-bond donors (Lipinski definition) is 0. The molecule has 0 aliphatic carbocycles. The van der Waals surface area contributed by atoms with Gasteiger partial charge in [0, 0.05) is 23.6 Å². The lowest BCUT2D eigenvalue weighted by molar-refractivity contribution is -0.131. The van der Waals surface area contributed by atoms with Crippen molar-refractivity contribution in [3.05, 3.63) is 65.4 Å². The van der Waals surface area contributed by atoms with Crippen molar-refractivity contribution >= 4 is 22.7 Å². The van der Waals surface area contributed by atoms with Crippen LogP contribution in [-0.2, 0) is 11.2 Å². The quantitative estimate of drug-likeness (QED) is 0.607. The van der Waals surface area contributed by atoms with Gasteiger partial charge in [0.05, 0.1) is 19.6 Å². The van der Waals surface area contributed by atoms with E-state index < -0.39 is 0 Å². The number of benzene rings is 2. The third-order valence-electron chi connectivity index (χ3n) is 4.86. The largest absolute Gasteiger partial charge is 0.496 e. The zero-order valence-electron chi connectivity index (χ0n) is 16.0. The number of ketones is 1. The molecule has 0 aliphatic rings. The van der Waals surface area contributed by atoms with Crippen LogP contribution in [0.3, 0.4) is 0 Å². The van der Waals surface area contributed by atoms with Crippen LogP contribution >= 0.6 is 0 Å². The second-order valence-corrected chi connectivity index (χ2v) is 6.63. The zero-order chi connectivity index (χ0) is 19.6. The van der Waals surface area contributed by atoms with E-state index in [-0.39, 0.29) is 24.2 Å². The van der Waals surface area contributed by atoms with Gasteiger partial charge in [0.1, 0.15) is 17.1 Å². The number of furan rings is 1. The fourth-order valence-corrected chi connectivity index (χ4v) is 3.04. The smallest absolute Gasteiger partial charge is 0.227 e. The van der Waals surface area contributed by atoms with Crippen molar-refractivity contribution in [2.75, 3.05) is 14.2 Å². The van der Waals surface area contributed by atoms with Crippen molar-refractivity contribution in [1.82, 2.24) is 4.90 Å². The summed E-state index contributed by atoms with van der Waals surface area (Å²) in [7, 11) is 3.30. The van der Waals surface area contributed by atoms with Crippen molar-refractivity contribution in [3.8, 4) is 5.75 Å². The average molecular weight is 365 g/mol. The van der Waals surface area contributed by atoms with Gasteiger partial charge in [0.25, 0.3) is 0 Å². The first-order chi connectivity index (χ1) is 12.9. The number of ether oxygens (including phenoxy) is 1. The summed E-state index contributed by atoms with van der Waals surface area (Å²) in [5, 5.41) is 1.01.